The molecule has 1 rings (SSSR count). The predicted molar refractivity (Wildman–Crippen MR) is 70.5 cm³/mol. The van der Waals surface area contributed by atoms with Gasteiger partial charge in [0.2, 0.25) is 0 Å². The lowest BCUT2D eigenvalue weighted by molar-refractivity contribution is -0.131. The molecular weight excluding hydrogens is 230 g/mol. The fraction of sp³-hybridized carbons (Fsp3) is 0.308. The normalized spacial score (nSPS) is 11.2. The molecule has 0 bridgehead atoms. The van der Waals surface area contributed by atoms with E-state index in [1.165, 1.54) is 6.08 Å². The summed E-state index contributed by atoms with van der Waals surface area (Å²) >= 11 is 0. The van der Waals surface area contributed by atoms with Crippen LogP contribution < -0.4 is 0 Å². The van der Waals surface area contributed by atoms with Crippen LogP contribution in [-0.2, 0) is 4.79 Å². The minimum absolute atomic E-state index is 0.703. The van der Waals surface area contributed by atoms with Crippen LogP contribution in [0.3, 0.4) is 0 Å². The summed E-state index contributed by atoms with van der Waals surface area (Å²) in [7, 11) is 0. The lowest BCUT2D eigenvalue weighted by Crippen LogP contribution is -2.14. The van der Waals surface area contributed by atoms with E-state index in [-0.39, 0.29) is 0 Å². The molecular formula is C13H17N3O2. The molecule has 0 aliphatic carbocycles. The Hall–Kier alpha value is -2.17. The lowest BCUT2D eigenvalue weighted by atomic mass is 10.2. The molecule has 0 amide bonds. The Morgan fingerprint density at radius 2 is 2.11 bits per heavy atom. The Bertz CT molecular complexity index is 451. The van der Waals surface area contributed by atoms with Gasteiger partial charge in [-0.15, -0.1) is 5.11 Å². The summed E-state index contributed by atoms with van der Waals surface area (Å²) in [4.78, 5) is 10.4. The first kappa shape index (κ1) is 13.9. The lowest BCUT2D eigenvalue weighted by Gasteiger charge is -2.11. The second-order valence-corrected chi connectivity index (χ2v) is 3.59. The third-order valence-electron chi connectivity index (χ3n) is 2.31. The van der Waals surface area contributed by atoms with Crippen LogP contribution in [0, 0.1) is 0 Å². The number of benzene rings is 1. The zero-order valence-electron chi connectivity index (χ0n) is 10.6. The zero-order chi connectivity index (χ0) is 13.4. The van der Waals surface area contributed by atoms with Crippen molar-refractivity contribution in [2.75, 3.05) is 13.1 Å². The fourth-order valence-electron chi connectivity index (χ4n) is 1.32. The number of nitrogens with zero attached hydrogens (tertiary/aromatic N) is 3. The third kappa shape index (κ3) is 4.78. The molecule has 0 fully saturated rings. The Labute approximate surface area is 106 Å². The molecule has 0 aliphatic rings. The molecule has 1 N–H and O–H groups in total. The molecule has 0 unspecified atom stereocenters. The largest absolute Gasteiger partial charge is 0.478 e. The summed E-state index contributed by atoms with van der Waals surface area (Å²) in [5.41, 5.74) is 1.49. The number of hydrogen-bond acceptors (Lipinski definition) is 3. The van der Waals surface area contributed by atoms with Crippen molar-refractivity contribution in [3.8, 4) is 0 Å². The van der Waals surface area contributed by atoms with Crippen molar-refractivity contribution in [1.82, 2.24) is 5.01 Å². The minimum atomic E-state index is -0.967. The van der Waals surface area contributed by atoms with Crippen molar-refractivity contribution in [3.05, 3.63) is 35.9 Å². The van der Waals surface area contributed by atoms with E-state index in [0.717, 1.165) is 24.7 Å². The molecule has 1 aromatic rings. The highest BCUT2D eigenvalue weighted by Crippen LogP contribution is 2.16. The highest BCUT2D eigenvalue weighted by atomic mass is 16.4. The molecule has 0 aromatic heterocycles. The Morgan fingerprint density at radius 3 is 2.72 bits per heavy atom. The Kier molecular flexibility index (Phi) is 5.57. The van der Waals surface area contributed by atoms with Crippen molar-refractivity contribution in [2.45, 2.75) is 13.8 Å². The van der Waals surface area contributed by atoms with Crippen LogP contribution in [-0.4, -0.2) is 29.2 Å². The van der Waals surface area contributed by atoms with Crippen molar-refractivity contribution in [2.24, 2.45) is 10.3 Å². The summed E-state index contributed by atoms with van der Waals surface area (Å²) in [6.07, 6.45) is 2.62. The first-order chi connectivity index (χ1) is 8.65. The smallest absolute Gasteiger partial charge is 0.328 e. The van der Waals surface area contributed by atoms with Gasteiger partial charge in [-0.3, -0.25) is 5.01 Å². The van der Waals surface area contributed by atoms with E-state index >= 15 is 0 Å². The van der Waals surface area contributed by atoms with E-state index in [0.29, 0.717) is 5.69 Å². The second kappa shape index (κ2) is 7.21. The highest BCUT2D eigenvalue weighted by Gasteiger charge is 1.95. The van der Waals surface area contributed by atoms with Crippen LogP contribution in [0.25, 0.3) is 6.08 Å². The van der Waals surface area contributed by atoms with E-state index in [9.17, 15) is 4.79 Å². The molecule has 0 radical (unpaired) electrons. The Balaban J connectivity index is 2.79. The molecule has 0 atom stereocenters. The molecule has 0 heterocycles. The summed E-state index contributed by atoms with van der Waals surface area (Å²) in [6.45, 7) is 5.63. The van der Waals surface area contributed by atoms with Gasteiger partial charge >= 0.3 is 5.97 Å². The van der Waals surface area contributed by atoms with Crippen LogP contribution in [0.1, 0.15) is 19.4 Å². The van der Waals surface area contributed by atoms with E-state index < -0.39 is 5.97 Å². The molecule has 96 valence electrons. The number of hydrogen-bond donors (Lipinski definition) is 1. The van der Waals surface area contributed by atoms with Crippen LogP contribution in [0.15, 0.2) is 40.7 Å². The number of carbonyl (C=O) groups is 1. The van der Waals surface area contributed by atoms with Gasteiger partial charge in [0.15, 0.2) is 0 Å². The minimum Gasteiger partial charge on any atom is -0.478 e. The fourth-order valence-corrected chi connectivity index (χ4v) is 1.32. The van der Waals surface area contributed by atoms with Gasteiger partial charge in [0.25, 0.3) is 0 Å². The predicted octanol–water partition coefficient (Wildman–Crippen LogP) is 3.12. The van der Waals surface area contributed by atoms with Crippen LogP contribution >= 0.6 is 0 Å². The average Bonchev–Trinajstić information content (AvgIpc) is 2.38. The molecule has 0 saturated carbocycles. The number of carboxylic acid groups (broad SMARTS) is 1. The maximum absolute atomic E-state index is 10.4. The van der Waals surface area contributed by atoms with Crippen molar-refractivity contribution in [3.63, 3.8) is 0 Å². The van der Waals surface area contributed by atoms with E-state index in [1.807, 2.05) is 37.1 Å². The molecule has 5 nitrogen and oxygen atoms in total. The van der Waals surface area contributed by atoms with Gasteiger partial charge in [0, 0.05) is 19.2 Å². The Morgan fingerprint density at radius 1 is 1.39 bits per heavy atom. The summed E-state index contributed by atoms with van der Waals surface area (Å²) in [5, 5.41) is 18.6. The van der Waals surface area contributed by atoms with Crippen LogP contribution in [0.5, 0.6) is 0 Å². The van der Waals surface area contributed by atoms with E-state index in [1.54, 1.807) is 6.07 Å². The maximum Gasteiger partial charge on any atom is 0.328 e. The topological polar surface area (TPSA) is 65.3 Å². The van der Waals surface area contributed by atoms with E-state index in [4.69, 9.17) is 5.11 Å². The number of carboxylic acids is 1. The van der Waals surface area contributed by atoms with Crippen molar-refractivity contribution >= 4 is 17.7 Å². The molecule has 0 saturated heterocycles. The van der Waals surface area contributed by atoms with Gasteiger partial charge in [-0.1, -0.05) is 17.4 Å². The highest BCUT2D eigenvalue weighted by molar-refractivity contribution is 5.85. The first-order valence-corrected chi connectivity index (χ1v) is 5.83. The SMILES string of the molecule is CCN(CC)N=Nc1cccc(C=CC(=O)O)c1. The zero-order valence-corrected chi connectivity index (χ0v) is 10.6. The van der Waals surface area contributed by atoms with Gasteiger partial charge in [-0.25, -0.2) is 4.79 Å². The van der Waals surface area contributed by atoms with Crippen LogP contribution in [0.4, 0.5) is 5.69 Å². The summed E-state index contributed by atoms with van der Waals surface area (Å²) < 4.78 is 0. The molecule has 0 aliphatic heterocycles. The second-order valence-electron chi connectivity index (χ2n) is 3.59. The third-order valence-corrected chi connectivity index (χ3v) is 2.31. The average molecular weight is 247 g/mol. The molecule has 1 aromatic carbocycles. The van der Waals surface area contributed by atoms with Crippen molar-refractivity contribution < 1.29 is 9.90 Å². The van der Waals surface area contributed by atoms with Gasteiger partial charge in [0.05, 0.1) is 5.69 Å². The van der Waals surface area contributed by atoms with Gasteiger partial charge in [-0.05, 0) is 37.6 Å². The van der Waals surface area contributed by atoms with Crippen LogP contribution in [0.2, 0.25) is 0 Å². The standard InChI is InChI=1S/C13H17N3O2/c1-3-16(4-2)15-14-12-7-5-6-11(10-12)8-9-13(17)18/h5-10H,3-4H2,1-2H3,(H,17,18). The summed E-state index contributed by atoms with van der Waals surface area (Å²) in [5.74, 6) is -0.967. The first-order valence-electron chi connectivity index (χ1n) is 5.83. The van der Waals surface area contributed by atoms with Gasteiger partial charge in [0.1, 0.15) is 0 Å². The molecule has 0 spiro atoms. The quantitative estimate of drug-likeness (QED) is 0.477. The van der Waals surface area contributed by atoms with Crippen molar-refractivity contribution in [1.29, 1.82) is 0 Å². The van der Waals surface area contributed by atoms with Gasteiger partial charge in [-0.2, -0.15) is 0 Å². The summed E-state index contributed by atoms with van der Waals surface area (Å²) in [6, 6.07) is 7.24. The number of rotatable bonds is 6. The monoisotopic (exact) mass is 247 g/mol. The number of aliphatic carboxylic acids is 1. The molecule has 18 heavy (non-hydrogen) atoms. The van der Waals surface area contributed by atoms with Gasteiger partial charge < -0.3 is 5.11 Å². The molecule has 5 heteroatoms. The van der Waals surface area contributed by atoms with E-state index in [2.05, 4.69) is 10.3 Å². The maximum atomic E-state index is 10.4.